The molecule has 0 bridgehead atoms. The number of alkyl carbamates (subject to hydrolysis) is 1. The fourth-order valence-corrected chi connectivity index (χ4v) is 9.41. The first-order chi connectivity index (χ1) is 33.5. The first-order valence-electron chi connectivity index (χ1n) is 22.2. The van der Waals surface area contributed by atoms with Gasteiger partial charge in [0.15, 0.2) is 0 Å². The van der Waals surface area contributed by atoms with E-state index in [1.807, 2.05) is 97.1 Å². The number of aromatic nitrogens is 2. The van der Waals surface area contributed by atoms with E-state index in [-0.39, 0.29) is 32.2 Å². The number of hydrogen-bond donors (Lipinski definition) is 5. The number of carbonyl (C=O) groups excluding carboxylic acids is 4. The van der Waals surface area contributed by atoms with Crippen molar-refractivity contribution < 1.29 is 38.6 Å². The molecule has 0 spiro atoms. The van der Waals surface area contributed by atoms with Crippen LogP contribution in [-0.4, -0.2) is 70.1 Å². The van der Waals surface area contributed by atoms with E-state index in [1.54, 1.807) is 24.5 Å². The average molecular weight is 963 g/mol. The molecule has 0 aliphatic heterocycles. The second-order valence-electron chi connectivity index (χ2n) is 15.6. The molecule has 0 unspecified atom stereocenters. The maximum Gasteiger partial charge on any atom is 0.408 e. The predicted molar refractivity (Wildman–Crippen MR) is 269 cm³/mol. The maximum absolute atomic E-state index is 13.3. The minimum atomic E-state index is -1.17. The van der Waals surface area contributed by atoms with E-state index in [9.17, 15) is 24.0 Å². The highest BCUT2D eigenvalue weighted by Crippen LogP contribution is 2.37. The molecule has 0 aliphatic rings. The van der Waals surface area contributed by atoms with Crippen LogP contribution in [0.4, 0.5) is 4.79 Å². The number of fused-ring (bicyclic) bond motifs is 2. The summed E-state index contributed by atoms with van der Waals surface area (Å²) in [6, 6.07) is 39.8. The Morgan fingerprint density at radius 2 is 1.04 bits per heavy atom. The largest absolute Gasteiger partial charge is 0.480 e. The summed E-state index contributed by atoms with van der Waals surface area (Å²) in [5.41, 5.74) is 15.2. The highest BCUT2D eigenvalue weighted by molar-refractivity contribution is 7.21. The van der Waals surface area contributed by atoms with Crippen LogP contribution in [0.3, 0.4) is 0 Å². The third-order valence-corrected chi connectivity index (χ3v) is 13.2. The number of nitrogens with zero attached hydrogens (tertiary/aromatic N) is 2. The summed E-state index contributed by atoms with van der Waals surface area (Å²) < 4.78 is 12.6. The van der Waals surface area contributed by atoms with Crippen LogP contribution in [0.1, 0.15) is 55.4 Å². The number of thiophene rings is 2. The number of benzene rings is 4. The Bertz CT molecular complexity index is 3070. The lowest BCUT2D eigenvalue weighted by molar-refractivity contribution is -0.147. The summed E-state index contributed by atoms with van der Waals surface area (Å²) in [5, 5.41) is 16.7. The van der Waals surface area contributed by atoms with E-state index in [2.05, 4.69) is 64.0 Å². The normalized spacial score (nSPS) is 11.7. The van der Waals surface area contributed by atoms with Crippen LogP contribution in [0.2, 0.25) is 0 Å². The van der Waals surface area contributed by atoms with Crippen molar-refractivity contribution >= 4 is 73.0 Å². The lowest BCUT2D eigenvalue weighted by atomic mass is 9.99. The van der Waals surface area contributed by atoms with E-state index < -0.39 is 36.0 Å². The van der Waals surface area contributed by atoms with Gasteiger partial charge in [-0.05, 0) is 70.5 Å². The number of ether oxygens (including phenoxy) is 2. The van der Waals surface area contributed by atoms with E-state index in [1.165, 1.54) is 33.8 Å². The molecule has 2 atom stereocenters. The molecule has 8 rings (SSSR count). The summed E-state index contributed by atoms with van der Waals surface area (Å²) in [6.45, 7) is 3.95. The molecule has 0 saturated heterocycles. The van der Waals surface area contributed by atoms with E-state index in [0.717, 1.165) is 61.1 Å². The molecule has 3 amide bonds. The Labute approximate surface area is 406 Å². The average Bonchev–Trinajstić information content (AvgIpc) is 4.04. The molecule has 0 fully saturated rings. The van der Waals surface area contributed by atoms with E-state index >= 15 is 0 Å². The molecule has 4 aromatic carbocycles. The van der Waals surface area contributed by atoms with Gasteiger partial charge in [-0.25, -0.2) is 9.59 Å². The van der Waals surface area contributed by atoms with Crippen molar-refractivity contribution in [2.75, 3.05) is 13.1 Å². The number of aryl methyl sites for hydroxylation is 2. The fraction of sp³-hybridized carbons (Fsp3) is 0.189. The second kappa shape index (κ2) is 23.8. The third kappa shape index (κ3) is 12.8. The summed E-state index contributed by atoms with van der Waals surface area (Å²) in [4.78, 5) is 71.7. The van der Waals surface area contributed by atoms with Crippen molar-refractivity contribution in [1.29, 1.82) is 0 Å². The van der Waals surface area contributed by atoms with E-state index in [4.69, 9.17) is 20.3 Å². The number of carboxylic acid groups (broad SMARTS) is 1. The number of hydrogen-bond acceptors (Lipinski definition) is 12. The number of rotatable bonds is 17. The zero-order chi connectivity index (χ0) is 48.7. The minimum Gasteiger partial charge on any atom is -0.480 e. The molecule has 69 heavy (non-hydrogen) atoms. The third-order valence-electron chi connectivity index (χ3n) is 10.9. The molecule has 0 aliphatic carbocycles. The monoisotopic (exact) mass is 962 g/mol. The molecule has 14 nitrogen and oxygen atoms in total. The Morgan fingerprint density at radius 3 is 1.52 bits per heavy atom. The van der Waals surface area contributed by atoms with Gasteiger partial charge >= 0.3 is 18.0 Å². The number of esters is 1. The molecule has 6 N–H and O–H groups in total. The van der Waals surface area contributed by atoms with Crippen LogP contribution in [0, 0.1) is 0 Å². The zero-order valence-corrected chi connectivity index (χ0v) is 39.5. The number of carboxylic acids is 1. The molecule has 4 aromatic heterocycles. The van der Waals surface area contributed by atoms with Crippen molar-refractivity contribution in [1.82, 2.24) is 25.9 Å². The van der Waals surface area contributed by atoms with Gasteiger partial charge in [-0.3, -0.25) is 24.4 Å². The lowest BCUT2D eigenvalue weighted by Crippen LogP contribution is -2.49. The Kier molecular flexibility index (Phi) is 16.9. The first-order valence-corrected chi connectivity index (χ1v) is 23.8. The zero-order valence-electron chi connectivity index (χ0n) is 37.8. The van der Waals surface area contributed by atoms with Crippen LogP contribution < -0.4 is 21.7 Å². The summed E-state index contributed by atoms with van der Waals surface area (Å²) in [5.74, 6) is -2.59. The fourth-order valence-electron chi connectivity index (χ4n) is 7.30. The maximum atomic E-state index is 13.3. The topological polar surface area (TPSA) is 212 Å². The van der Waals surface area contributed by atoms with Gasteiger partial charge in [0, 0.05) is 36.6 Å². The Hall–Kier alpha value is -7.79. The van der Waals surface area contributed by atoms with E-state index in [0.29, 0.717) is 15.3 Å². The van der Waals surface area contributed by atoms with Crippen LogP contribution in [0.5, 0.6) is 0 Å². The van der Waals surface area contributed by atoms with Crippen molar-refractivity contribution in [2.45, 2.75) is 52.0 Å². The van der Waals surface area contributed by atoms with Crippen LogP contribution in [0.25, 0.3) is 42.7 Å². The van der Waals surface area contributed by atoms with Crippen molar-refractivity contribution in [3.8, 4) is 22.3 Å². The molecule has 0 radical (unpaired) electrons. The van der Waals surface area contributed by atoms with Gasteiger partial charge in [-0.15, -0.1) is 22.7 Å². The minimum absolute atomic E-state index is 0.0227. The lowest BCUT2D eigenvalue weighted by Gasteiger charge is -2.18. The first kappa shape index (κ1) is 49.1. The van der Waals surface area contributed by atoms with Gasteiger partial charge in [-0.1, -0.05) is 123 Å². The molecule has 16 heteroatoms. The van der Waals surface area contributed by atoms with Crippen LogP contribution >= 0.6 is 22.7 Å². The number of amides is 3. The number of pyridine rings is 2. The van der Waals surface area contributed by atoms with Gasteiger partial charge < -0.3 is 36.3 Å². The summed E-state index contributed by atoms with van der Waals surface area (Å²) in [7, 11) is 0. The molecule has 0 saturated carbocycles. The van der Waals surface area contributed by atoms with Gasteiger partial charge in [0.1, 0.15) is 25.3 Å². The van der Waals surface area contributed by atoms with Gasteiger partial charge in [0.05, 0.1) is 30.2 Å². The highest BCUT2D eigenvalue weighted by Gasteiger charge is 2.26. The molecular formula is C53H50N6O8S2. The van der Waals surface area contributed by atoms with Gasteiger partial charge in [0.25, 0.3) is 11.8 Å². The second-order valence-corrected chi connectivity index (χ2v) is 17.7. The molecule has 8 aromatic rings. The van der Waals surface area contributed by atoms with Gasteiger partial charge in [0.2, 0.25) is 0 Å². The standard InChI is InChI=1S/C34H31N3O5S.C19H19N3O3S/c1-2-25-15-9-10-16-26(25)27-17-18-35-28-19-30(43-31(27)28)32(38)36-20-29(33(39)41-21-23-11-5-3-6-12-23)37-34(40)42-22-24-13-7-4-8-14-24;1-2-11-5-3-4-6-12(11)13-7-8-21-15-9-16(26-17(13)15)18(23)22-10-14(20)19(24)25/h3-19,29H,2,20-22H2,1H3,(H,36,38)(H,37,40);3-9,14H,2,10,20H2,1H3,(H,22,23)(H,24,25)/t29-;14-/m11/s1. The smallest absolute Gasteiger partial charge is 0.408 e. The number of nitrogens with two attached hydrogens (primary N) is 1. The van der Waals surface area contributed by atoms with Gasteiger partial charge in [-0.2, -0.15) is 0 Å². The number of nitrogens with one attached hydrogen (secondary N) is 3. The van der Waals surface area contributed by atoms with Crippen LogP contribution in [0.15, 0.2) is 146 Å². The molecule has 352 valence electrons. The number of carbonyl (C=O) groups is 5. The van der Waals surface area contributed by atoms with Crippen molar-refractivity contribution in [3.05, 3.63) is 178 Å². The molecule has 4 heterocycles. The Morgan fingerprint density at radius 1 is 0.594 bits per heavy atom. The predicted octanol–water partition coefficient (Wildman–Crippen LogP) is 8.96. The summed E-state index contributed by atoms with van der Waals surface area (Å²) >= 11 is 2.67. The van der Waals surface area contributed by atoms with Crippen molar-refractivity contribution in [3.63, 3.8) is 0 Å². The quantitative estimate of drug-likeness (QED) is 0.0544. The van der Waals surface area contributed by atoms with Crippen molar-refractivity contribution in [2.24, 2.45) is 5.73 Å². The summed E-state index contributed by atoms with van der Waals surface area (Å²) in [6.07, 6.45) is 4.46. The molecular weight excluding hydrogens is 913 g/mol. The highest BCUT2D eigenvalue weighted by atomic mass is 32.1. The SMILES string of the molecule is CCc1ccccc1-c1ccnc2cc(C(=O)NC[C@@H](N)C(=O)O)sc12.CCc1ccccc1-c1ccnc2cc(C(=O)NC[C@@H](NC(=O)OCc3ccccc3)C(=O)OCc3ccccc3)sc12. The number of aliphatic carboxylic acids is 1. The van der Waals surface area contributed by atoms with Crippen LogP contribution in [-0.2, 0) is 45.1 Å². The Balaban J connectivity index is 0.000000231.